The van der Waals surface area contributed by atoms with Crippen molar-refractivity contribution in [2.75, 3.05) is 0 Å². The zero-order valence-electron chi connectivity index (χ0n) is 12.5. The predicted octanol–water partition coefficient (Wildman–Crippen LogP) is -8.60. The Morgan fingerprint density at radius 3 is 0.920 bits per heavy atom. The first kappa shape index (κ1) is 56.4. The molecular weight excluding hydrogens is 452 g/mol. The smallest absolute Gasteiger partial charge is 0.481 e. The molecule has 0 fully saturated rings. The fourth-order valence-corrected chi connectivity index (χ4v) is 0.258. The van der Waals surface area contributed by atoms with Crippen LogP contribution in [0.3, 0.4) is 0 Å². The molecule has 17 nitrogen and oxygen atoms in total. The van der Waals surface area contributed by atoms with Crippen LogP contribution in [0.1, 0.15) is 6.42 Å². The Morgan fingerprint density at radius 2 is 0.880 bits per heavy atom. The molecule has 0 spiro atoms. The number of carbonyl (C=O) groups is 2. The van der Waals surface area contributed by atoms with Crippen molar-refractivity contribution >= 4 is 11.9 Å². The van der Waals surface area contributed by atoms with Crippen molar-refractivity contribution in [2.24, 2.45) is 0 Å². The molecule has 161 valence electrons. The van der Waals surface area contributed by atoms with E-state index in [-0.39, 0.29) is 53.1 Å². The Kier molecular flexibility index (Phi) is 57.5. The Hall–Kier alpha value is -0.754. The first-order valence-corrected chi connectivity index (χ1v) is 5.87. The Balaban J connectivity index is -0.0000000206. The summed E-state index contributed by atoms with van der Waals surface area (Å²) < 4.78 is 67.9. The first-order chi connectivity index (χ1) is 8.04. The summed E-state index contributed by atoms with van der Waals surface area (Å²) in [5.74, 6) is -2.44. The molecule has 1 radical (unpaired) electrons. The fourth-order valence-electron chi connectivity index (χ4n) is 0.258. The van der Waals surface area contributed by atoms with Crippen molar-refractivity contribution < 1.29 is 94.3 Å². The minimum absolute atomic E-state index is 0. The van der Waals surface area contributed by atoms with E-state index in [2.05, 4.69) is 6.58 Å². The molecule has 0 heterocycles. The largest absolute Gasteiger partial charge is 2.00 e. The second-order valence-electron chi connectivity index (χ2n) is 2.24. The van der Waals surface area contributed by atoms with E-state index in [0.717, 1.165) is 0 Å². The van der Waals surface area contributed by atoms with Gasteiger partial charge in [0, 0.05) is 5.57 Å². The summed E-state index contributed by atoms with van der Waals surface area (Å²) in [6.45, 7) is 3.01. The minimum atomic E-state index is -4.94. The minimum Gasteiger partial charge on any atom is -0.481 e. The summed E-state index contributed by atoms with van der Waals surface area (Å²) in [5.41, 5.74) is -0.303. The monoisotopic (exact) mass is 472 g/mol. The van der Waals surface area contributed by atoms with Gasteiger partial charge in [-0.15, -0.1) is 20.5 Å². The summed E-state index contributed by atoms with van der Waals surface area (Å²) in [6.07, 6.45) is -0.505. The maximum Gasteiger partial charge on any atom is 2.00 e. The third-order valence-corrected chi connectivity index (χ3v) is 0.667. The molecule has 0 aromatic carbocycles. The van der Waals surface area contributed by atoms with E-state index in [0.29, 0.717) is 0 Å². The molecule has 0 unspecified atom stereocenters. The molecule has 0 atom stereocenters. The number of halogens is 2. The van der Waals surface area contributed by atoms with E-state index in [1.807, 2.05) is 0 Å². The van der Waals surface area contributed by atoms with E-state index in [9.17, 15) is 9.59 Å². The van der Waals surface area contributed by atoms with Gasteiger partial charge in [0.1, 0.15) is 0 Å². The van der Waals surface area contributed by atoms with Gasteiger partial charge in [-0.2, -0.15) is 0 Å². The van der Waals surface area contributed by atoms with E-state index in [4.69, 9.17) is 47.5 Å². The molecular formula is C5H21Cl2CoN5O12. The second-order valence-corrected chi connectivity index (χ2v) is 3.75. The molecule has 0 saturated heterocycles. The van der Waals surface area contributed by atoms with E-state index in [1.54, 1.807) is 0 Å². The zero-order chi connectivity index (χ0) is 16.4. The van der Waals surface area contributed by atoms with Crippen molar-refractivity contribution in [3.8, 4) is 0 Å². The molecule has 0 rings (SSSR count). The van der Waals surface area contributed by atoms with Crippen molar-refractivity contribution in [3.05, 3.63) is 12.2 Å². The average molecular weight is 473 g/mol. The Labute approximate surface area is 156 Å². The molecule has 20 heteroatoms. The third kappa shape index (κ3) is 200. The van der Waals surface area contributed by atoms with Crippen LogP contribution in [0.25, 0.3) is 0 Å². The Morgan fingerprint density at radius 1 is 0.720 bits per heavy atom. The zero-order valence-corrected chi connectivity index (χ0v) is 15.1. The normalized spacial score (nSPS) is 7.84. The van der Waals surface area contributed by atoms with E-state index < -0.39 is 38.8 Å². The van der Waals surface area contributed by atoms with Crippen LogP contribution < -0.4 is 68.0 Å². The van der Waals surface area contributed by atoms with Crippen molar-refractivity contribution in [1.82, 2.24) is 30.8 Å². The first-order valence-electron chi connectivity index (χ1n) is 3.40. The summed E-state index contributed by atoms with van der Waals surface area (Å²) >= 11 is 0. The van der Waals surface area contributed by atoms with Gasteiger partial charge in [0.15, 0.2) is 0 Å². The molecule has 25 heavy (non-hydrogen) atoms. The van der Waals surface area contributed by atoms with Crippen LogP contribution in [-0.4, -0.2) is 22.2 Å². The van der Waals surface area contributed by atoms with Gasteiger partial charge in [0.2, 0.25) is 0 Å². The summed E-state index contributed by atoms with van der Waals surface area (Å²) in [4.78, 5) is 19.7. The summed E-state index contributed by atoms with van der Waals surface area (Å²) in [5, 5.41) is 16.1. The van der Waals surface area contributed by atoms with Gasteiger partial charge in [-0.25, -0.2) is 42.1 Å². The number of carboxylic acid groups (broad SMARTS) is 2. The van der Waals surface area contributed by atoms with Crippen LogP contribution in [0.2, 0.25) is 0 Å². The standard InChI is InChI=1S/C5H6O4.2ClHO4.Co.5H3N/c1-3(5(8)9)2-4(6)7;2*2-1(3,4)5;;;;;;/h1-2H2,(H,6,7)(H,8,9);2*(H,2,3,4,5);;5*1H3/q;;;+2;;;;;/p-2. The van der Waals surface area contributed by atoms with Crippen molar-refractivity contribution in [3.63, 3.8) is 0 Å². The van der Waals surface area contributed by atoms with Gasteiger partial charge in [0.25, 0.3) is 0 Å². The molecule has 0 aromatic rings. The van der Waals surface area contributed by atoms with Gasteiger partial charge in [-0.1, -0.05) is 6.58 Å². The number of rotatable bonds is 3. The van der Waals surface area contributed by atoms with Crippen molar-refractivity contribution in [2.45, 2.75) is 6.42 Å². The van der Waals surface area contributed by atoms with Crippen LogP contribution in [-0.2, 0) is 26.4 Å². The molecule has 17 N–H and O–H groups in total. The fraction of sp³-hybridized carbons (Fsp3) is 0.200. The third-order valence-electron chi connectivity index (χ3n) is 0.667. The number of carboxylic acids is 2. The second kappa shape index (κ2) is 25.5. The maximum absolute atomic E-state index is 9.87. The van der Waals surface area contributed by atoms with E-state index in [1.165, 1.54) is 0 Å². The van der Waals surface area contributed by atoms with Gasteiger partial charge in [-0.3, -0.25) is 4.79 Å². The van der Waals surface area contributed by atoms with Crippen LogP contribution in [0, 0.1) is 20.5 Å². The Bertz CT molecular complexity index is 300. The summed E-state index contributed by atoms with van der Waals surface area (Å²) in [7, 11) is -9.89. The topological polar surface area (TPSA) is 434 Å². The van der Waals surface area contributed by atoms with Crippen LogP contribution >= 0.6 is 0 Å². The summed E-state index contributed by atoms with van der Waals surface area (Å²) in [6, 6.07) is 0. The number of hydrogen-bond donors (Lipinski definition) is 7. The number of aliphatic carboxylic acids is 2. The number of hydrogen-bond acceptors (Lipinski definition) is 15. The van der Waals surface area contributed by atoms with Gasteiger partial charge in [-0.05, 0) is 0 Å². The van der Waals surface area contributed by atoms with Crippen molar-refractivity contribution in [1.29, 1.82) is 0 Å². The van der Waals surface area contributed by atoms with Gasteiger partial charge >= 0.3 is 28.7 Å². The van der Waals surface area contributed by atoms with Crippen LogP contribution in [0.5, 0.6) is 0 Å². The molecule has 0 aliphatic rings. The average Bonchev–Trinajstić information content (AvgIpc) is 1.94. The van der Waals surface area contributed by atoms with Gasteiger partial charge in [0.05, 0.1) is 6.42 Å². The molecule has 0 aliphatic carbocycles. The predicted molar refractivity (Wildman–Crippen MR) is 54.1 cm³/mol. The quantitative estimate of drug-likeness (QED) is 0.187. The SMILES string of the molecule is C=C(CC(=O)O)C(=O)O.N.N.N.N.N.[Co+2].[O-][Cl+3]([O-])([O-])[O-].[O-][Cl+3]([O-])([O-])[O-]. The molecule has 0 aromatic heterocycles. The van der Waals surface area contributed by atoms with Crippen LogP contribution in [0.15, 0.2) is 12.2 Å². The maximum atomic E-state index is 9.87. The molecule has 0 amide bonds. The molecule has 0 saturated carbocycles. The van der Waals surface area contributed by atoms with Crippen LogP contribution in [0.4, 0.5) is 0 Å². The van der Waals surface area contributed by atoms with E-state index >= 15 is 0 Å². The molecule has 0 aliphatic heterocycles. The van der Waals surface area contributed by atoms with Gasteiger partial charge < -0.3 is 41.0 Å². The molecule has 0 bridgehead atoms.